The van der Waals surface area contributed by atoms with Crippen molar-refractivity contribution in [2.24, 2.45) is 0 Å². The Morgan fingerprint density at radius 1 is 1.19 bits per heavy atom. The molecule has 0 bridgehead atoms. The SMILES string of the molecule is N#Cc1ccc(N2CCN(C(=O)[C@@H]3CN([C@H]4CCc5c4n[nH]c(=O)c5C(F)(F)F)CCO3)CC2)nc1. The third-order valence-electron chi connectivity index (χ3n) is 6.99. The van der Waals surface area contributed by atoms with E-state index in [0.717, 1.165) is 5.82 Å². The zero-order chi connectivity index (χ0) is 25.4. The Balaban J connectivity index is 1.23. The number of aromatic amines is 1. The molecule has 0 aromatic carbocycles. The summed E-state index contributed by atoms with van der Waals surface area (Å²) >= 11 is 0. The molecule has 1 aliphatic carbocycles. The largest absolute Gasteiger partial charge is 0.422 e. The molecule has 2 fully saturated rings. The molecular formula is C23H24F3N7O3. The fraction of sp³-hybridized carbons (Fsp3) is 0.522. The number of pyridine rings is 1. The minimum Gasteiger partial charge on any atom is -0.366 e. The van der Waals surface area contributed by atoms with Gasteiger partial charge in [0.15, 0.2) is 0 Å². The third-order valence-corrected chi connectivity index (χ3v) is 6.99. The molecule has 190 valence electrons. The summed E-state index contributed by atoms with van der Waals surface area (Å²) in [6.07, 6.45) is -3.48. The van der Waals surface area contributed by atoms with Gasteiger partial charge < -0.3 is 14.5 Å². The van der Waals surface area contributed by atoms with Gasteiger partial charge in [0.1, 0.15) is 23.6 Å². The maximum atomic E-state index is 13.5. The van der Waals surface area contributed by atoms with Crippen LogP contribution in [-0.2, 0) is 22.1 Å². The van der Waals surface area contributed by atoms with Crippen LogP contribution in [0.2, 0.25) is 0 Å². The number of hydrogen-bond acceptors (Lipinski definition) is 8. The van der Waals surface area contributed by atoms with Gasteiger partial charge in [0, 0.05) is 45.5 Å². The summed E-state index contributed by atoms with van der Waals surface area (Å²) in [5.41, 5.74) is -1.76. The number of anilines is 1. The van der Waals surface area contributed by atoms with E-state index in [1.165, 1.54) is 6.20 Å². The lowest BCUT2D eigenvalue weighted by Gasteiger charge is -2.40. The number of carbonyl (C=O) groups is 1. The van der Waals surface area contributed by atoms with Gasteiger partial charge in [-0.1, -0.05) is 0 Å². The fourth-order valence-electron chi connectivity index (χ4n) is 5.20. The molecule has 10 nitrogen and oxygen atoms in total. The summed E-state index contributed by atoms with van der Waals surface area (Å²) in [5.74, 6) is 0.584. The molecule has 2 atom stereocenters. The highest BCUT2D eigenvalue weighted by atomic mass is 19.4. The van der Waals surface area contributed by atoms with Gasteiger partial charge >= 0.3 is 6.18 Å². The number of nitriles is 1. The highest BCUT2D eigenvalue weighted by Gasteiger charge is 2.43. The van der Waals surface area contributed by atoms with Crippen molar-refractivity contribution in [1.29, 1.82) is 5.26 Å². The van der Waals surface area contributed by atoms with E-state index in [1.54, 1.807) is 17.0 Å². The van der Waals surface area contributed by atoms with Crippen LogP contribution in [0.1, 0.15) is 34.8 Å². The van der Waals surface area contributed by atoms with Crippen molar-refractivity contribution in [2.45, 2.75) is 31.2 Å². The number of aromatic nitrogens is 3. The predicted molar refractivity (Wildman–Crippen MR) is 120 cm³/mol. The first-order valence-electron chi connectivity index (χ1n) is 11.7. The Morgan fingerprint density at radius 3 is 2.64 bits per heavy atom. The number of carbonyl (C=O) groups excluding carboxylic acids is 1. The van der Waals surface area contributed by atoms with Crippen LogP contribution in [0.15, 0.2) is 23.1 Å². The Kier molecular flexibility index (Phi) is 6.40. The summed E-state index contributed by atoms with van der Waals surface area (Å²) in [5, 5.41) is 14.9. The molecule has 0 spiro atoms. The van der Waals surface area contributed by atoms with E-state index in [2.05, 4.69) is 10.1 Å². The third kappa shape index (κ3) is 4.54. The molecule has 3 aliphatic rings. The molecule has 2 aliphatic heterocycles. The number of rotatable bonds is 3. The first-order valence-corrected chi connectivity index (χ1v) is 11.7. The topological polar surface area (TPSA) is 118 Å². The summed E-state index contributed by atoms with van der Waals surface area (Å²) in [6, 6.07) is 5.10. The number of ether oxygens (including phenoxy) is 1. The van der Waals surface area contributed by atoms with Gasteiger partial charge in [-0.15, -0.1) is 0 Å². The van der Waals surface area contributed by atoms with Crippen LogP contribution in [0.25, 0.3) is 0 Å². The first-order chi connectivity index (χ1) is 17.3. The van der Waals surface area contributed by atoms with Crippen molar-refractivity contribution in [1.82, 2.24) is 25.0 Å². The van der Waals surface area contributed by atoms with E-state index in [1.807, 2.05) is 21.0 Å². The molecule has 4 heterocycles. The zero-order valence-corrected chi connectivity index (χ0v) is 19.3. The lowest BCUT2D eigenvalue weighted by Crippen LogP contribution is -2.56. The van der Waals surface area contributed by atoms with Gasteiger partial charge in [0.05, 0.1) is 23.9 Å². The number of nitrogens with one attached hydrogen (secondary N) is 1. The second-order valence-electron chi connectivity index (χ2n) is 9.03. The van der Waals surface area contributed by atoms with E-state index >= 15 is 0 Å². The minimum absolute atomic E-state index is 0.0573. The Hall–Kier alpha value is -3.50. The van der Waals surface area contributed by atoms with Crippen LogP contribution in [0, 0.1) is 11.3 Å². The lowest BCUT2D eigenvalue weighted by molar-refractivity contribution is -0.151. The normalized spacial score (nSPS) is 22.8. The highest BCUT2D eigenvalue weighted by Crippen LogP contribution is 2.40. The van der Waals surface area contributed by atoms with Gasteiger partial charge in [-0.05, 0) is 30.5 Å². The number of H-pyrrole nitrogens is 1. The number of halogens is 3. The average Bonchev–Trinajstić information content (AvgIpc) is 3.31. The maximum Gasteiger partial charge on any atom is 0.422 e. The molecular weight excluding hydrogens is 479 g/mol. The Bertz CT molecular complexity index is 1230. The zero-order valence-electron chi connectivity index (χ0n) is 19.3. The van der Waals surface area contributed by atoms with Crippen LogP contribution in [0.4, 0.5) is 19.0 Å². The fourth-order valence-corrected chi connectivity index (χ4v) is 5.20. The van der Waals surface area contributed by atoms with Gasteiger partial charge in [0.25, 0.3) is 11.5 Å². The number of morpholine rings is 1. The second-order valence-corrected chi connectivity index (χ2v) is 9.03. The molecule has 13 heteroatoms. The van der Waals surface area contributed by atoms with Crippen molar-refractivity contribution >= 4 is 11.7 Å². The van der Waals surface area contributed by atoms with Crippen LogP contribution >= 0.6 is 0 Å². The van der Waals surface area contributed by atoms with Gasteiger partial charge in [-0.2, -0.15) is 23.5 Å². The van der Waals surface area contributed by atoms with Crippen molar-refractivity contribution in [2.75, 3.05) is 50.8 Å². The van der Waals surface area contributed by atoms with E-state index in [4.69, 9.17) is 10.00 Å². The van der Waals surface area contributed by atoms with E-state index in [9.17, 15) is 22.8 Å². The first kappa shape index (κ1) is 24.2. The van der Waals surface area contributed by atoms with Crippen molar-refractivity contribution in [3.63, 3.8) is 0 Å². The van der Waals surface area contributed by atoms with Crippen LogP contribution in [-0.4, -0.2) is 82.9 Å². The number of amides is 1. The summed E-state index contributed by atoms with van der Waals surface area (Å²) in [6.45, 7) is 3.07. The van der Waals surface area contributed by atoms with E-state index < -0.39 is 29.4 Å². The van der Waals surface area contributed by atoms with Gasteiger partial charge in [0.2, 0.25) is 0 Å². The monoisotopic (exact) mass is 503 g/mol. The molecule has 2 aromatic rings. The number of nitrogens with zero attached hydrogens (tertiary/aromatic N) is 6. The summed E-state index contributed by atoms with van der Waals surface area (Å²) in [7, 11) is 0. The smallest absolute Gasteiger partial charge is 0.366 e. The molecule has 36 heavy (non-hydrogen) atoms. The van der Waals surface area contributed by atoms with E-state index in [-0.39, 0.29) is 36.7 Å². The Labute approximate surface area is 204 Å². The highest BCUT2D eigenvalue weighted by molar-refractivity contribution is 5.81. The molecule has 2 saturated heterocycles. The van der Waals surface area contributed by atoms with Crippen molar-refractivity contribution in [3.05, 3.63) is 51.1 Å². The van der Waals surface area contributed by atoms with Crippen LogP contribution in [0.5, 0.6) is 0 Å². The minimum atomic E-state index is -4.76. The van der Waals surface area contributed by atoms with Crippen molar-refractivity contribution in [3.8, 4) is 6.07 Å². The van der Waals surface area contributed by atoms with E-state index in [0.29, 0.717) is 44.7 Å². The number of piperazine rings is 1. The van der Waals surface area contributed by atoms with Crippen molar-refractivity contribution < 1.29 is 22.7 Å². The number of hydrogen-bond donors (Lipinski definition) is 1. The molecule has 1 N–H and O–H groups in total. The van der Waals surface area contributed by atoms with Gasteiger partial charge in [-0.25, -0.2) is 10.1 Å². The van der Waals surface area contributed by atoms with Gasteiger partial charge in [-0.3, -0.25) is 14.5 Å². The molecule has 0 saturated carbocycles. The molecule has 5 rings (SSSR count). The molecule has 0 radical (unpaired) electrons. The lowest BCUT2D eigenvalue weighted by atomic mass is 10.1. The summed E-state index contributed by atoms with van der Waals surface area (Å²) in [4.78, 5) is 35.0. The average molecular weight is 503 g/mol. The quantitative estimate of drug-likeness (QED) is 0.662. The maximum absolute atomic E-state index is 13.5. The standard InChI is InChI=1S/C23H24F3N7O3/c24-23(25,26)19-15-2-3-16(20(15)29-30-21(19)34)33-9-10-36-17(13-33)22(35)32-7-5-31(6-8-32)18-4-1-14(11-27)12-28-18/h1,4,12,16-17H,2-3,5-10,13H2,(H,30,34)/t16-,17-/m0/s1. The summed E-state index contributed by atoms with van der Waals surface area (Å²) < 4.78 is 46.2. The molecule has 1 amide bonds. The Morgan fingerprint density at radius 2 is 1.97 bits per heavy atom. The number of fused-ring (bicyclic) bond motifs is 1. The van der Waals surface area contributed by atoms with Crippen LogP contribution < -0.4 is 10.5 Å². The van der Waals surface area contributed by atoms with Crippen LogP contribution in [0.3, 0.4) is 0 Å². The number of alkyl halides is 3. The molecule has 0 unspecified atom stereocenters. The molecule has 2 aromatic heterocycles. The second kappa shape index (κ2) is 9.51. The predicted octanol–water partition coefficient (Wildman–Crippen LogP) is 1.09.